The van der Waals surface area contributed by atoms with E-state index in [-0.39, 0.29) is 22.5 Å². The van der Waals surface area contributed by atoms with Crippen molar-refractivity contribution in [3.05, 3.63) is 100 Å². The minimum Gasteiger partial charge on any atom is -0.507 e. The van der Waals surface area contributed by atoms with Crippen LogP contribution in [0.1, 0.15) is 61.6 Å². The first kappa shape index (κ1) is 26.4. The summed E-state index contributed by atoms with van der Waals surface area (Å²) >= 11 is 0. The number of ketones is 1. The fraction of sp³-hybridized carbons (Fsp3) is 0.226. The molecule has 1 saturated heterocycles. The Morgan fingerprint density at radius 2 is 1.71 bits per heavy atom. The molecule has 0 bridgehead atoms. The van der Waals surface area contributed by atoms with E-state index in [0.717, 1.165) is 11.1 Å². The van der Waals surface area contributed by atoms with Gasteiger partial charge in [-0.05, 0) is 71.5 Å². The zero-order chi connectivity index (χ0) is 27.8. The molecule has 1 unspecified atom stereocenters. The Bertz CT molecular complexity index is 1520. The van der Waals surface area contributed by atoms with Crippen molar-refractivity contribution in [2.45, 2.75) is 46.1 Å². The third-order valence-electron chi connectivity index (χ3n) is 6.51. The van der Waals surface area contributed by atoms with Crippen molar-refractivity contribution in [1.82, 2.24) is 0 Å². The molecule has 0 aromatic heterocycles. The molecule has 3 aromatic rings. The summed E-state index contributed by atoms with van der Waals surface area (Å²) in [5.41, 5.74) is 3.12. The van der Waals surface area contributed by atoms with Crippen LogP contribution in [0.3, 0.4) is 0 Å². The monoisotopic (exact) mass is 508 g/mol. The topological polar surface area (TPSA) is 108 Å². The number of aryl methyl sites for hydroxylation is 1. The summed E-state index contributed by atoms with van der Waals surface area (Å²) in [5, 5.41) is 20.8. The van der Waals surface area contributed by atoms with Crippen molar-refractivity contribution in [1.29, 1.82) is 5.26 Å². The summed E-state index contributed by atoms with van der Waals surface area (Å²) in [6, 6.07) is 19.5. The highest BCUT2D eigenvalue weighted by Crippen LogP contribution is 2.43. The van der Waals surface area contributed by atoms with Gasteiger partial charge < -0.3 is 9.84 Å². The van der Waals surface area contributed by atoms with Crippen LogP contribution in [-0.2, 0) is 19.8 Å². The van der Waals surface area contributed by atoms with Crippen molar-refractivity contribution < 1.29 is 24.2 Å². The molecule has 0 radical (unpaired) electrons. The summed E-state index contributed by atoms with van der Waals surface area (Å²) in [6.45, 7) is 9.25. The molecule has 1 atom stereocenters. The second kappa shape index (κ2) is 9.98. The van der Waals surface area contributed by atoms with Crippen LogP contribution in [0.5, 0.6) is 5.75 Å². The molecular weight excluding hydrogens is 480 g/mol. The van der Waals surface area contributed by atoms with Gasteiger partial charge in [0.15, 0.2) is 0 Å². The number of amides is 1. The lowest BCUT2D eigenvalue weighted by Crippen LogP contribution is -2.29. The van der Waals surface area contributed by atoms with Crippen molar-refractivity contribution in [2.75, 3.05) is 4.90 Å². The zero-order valence-electron chi connectivity index (χ0n) is 21.9. The number of Topliss-reactive ketones (excluding diaryl/α,β-unsaturated/α-hetero) is 1. The lowest BCUT2D eigenvalue weighted by molar-refractivity contribution is -0.132. The first-order valence-corrected chi connectivity index (χ1v) is 12.1. The Morgan fingerprint density at radius 1 is 1.03 bits per heavy atom. The van der Waals surface area contributed by atoms with Gasteiger partial charge in [-0.25, -0.2) is 0 Å². The molecule has 1 aliphatic heterocycles. The number of carbonyl (C=O) groups excluding carboxylic acids is 3. The molecule has 3 aromatic carbocycles. The van der Waals surface area contributed by atoms with E-state index in [4.69, 9.17) is 4.74 Å². The van der Waals surface area contributed by atoms with Gasteiger partial charge in [-0.15, -0.1) is 0 Å². The predicted octanol–water partition coefficient (Wildman–Crippen LogP) is 5.72. The van der Waals surface area contributed by atoms with E-state index in [1.165, 1.54) is 11.8 Å². The molecule has 7 heteroatoms. The maximum absolute atomic E-state index is 13.5. The molecular formula is C31H28N2O5. The molecule has 0 aliphatic carbocycles. The number of rotatable bonds is 4. The number of anilines is 1. The fourth-order valence-corrected chi connectivity index (χ4v) is 4.51. The van der Waals surface area contributed by atoms with Gasteiger partial charge in [0.25, 0.3) is 11.7 Å². The second-order valence-corrected chi connectivity index (χ2v) is 10.3. The standard InChI is InChI=1S/C31H28N2O5/c1-18-9-12-22(31(3,4)5)16-25(18)28(35)26-27(21-7-6-8-24(15-21)38-19(2)34)33(30(37)29(26)36)23-13-10-20(17-32)11-14-23/h6-16,27,35H,1-5H3/b28-26+. The number of nitrogens with zero attached hydrogens (tertiary/aromatic N) is 2. The van der Waals surface area contributed by atoms with Crippen molar-refractivity contribution >= 4 is 29.1 Å². The van der Waals surface area contributed by atoms with Gasteiger partial charge in [-0.2, -0.15) is 5.26 Å². The number of aliphatic hydroxyl groups excluding tert-OH is 1. The van der Waals surface area contributed by atoms with Crippen molar-refractivity contribution in [3.63, 3.8) is 0 Å². The van der Waals surface area contributed by atoms with Crippen LogP contribution in [0.4, 0.5) is 5.69 Å². The van der Waals surface area contributed by atoms with Crippen LogP contribution in [0.2, 0.25) is 0 Å². The number of ether oxygens (including phenoxy) is 1. The molecule has 38 heavy (non-hydrogen) atoms. The largest absolute Gasteiger partial charge is 0.507 e. The zero-order valence-corrected chi connectivity index (χ0v) is 21.9. The molecule has 0 spiro atoms. The number of carbonyl (C=O) groups is 3. The summed E-state index contributed by atoms with van der Waals surface area (Å²) in [5.74, 6) is -2.21. The Hall–Kier alpha value is -4.70. The molecule has 1 fully saturated rings. The molecule has 1 aliphatic rings. The van der Waals surface area contributed by atoms with E-state index >= 15 is 0 Å². The molecule has 7 nitrogen and oxygen atoms in total. The summed E-state index contributed by atoms with van der Waals surface area (Å²) in [4.78, 5) is 39.8. The quantitative estimate of drug-likeness (QED) is 0.159. The van der Waals surface area contributed by atoms with Gasteiger partial charge in [0.05, 0.1) is 23.2 Å². The number of nitriles is 1. The highest BCUT2D eigenvalue weighted by atomic mass is 16.5. The van der Waals surface area contributed by atoms with Gasteiger partial charge in [-0.1, -0.05) is 45.0 Å². The molecule has 1 amide bonds. The normalized spacial score (nSPS) is 16.8. The Labute approximate surface area is 221 Å². The van der Waals surface area contributed by atoms with Crippen LogP contribution < -0.4 is 9.64 Å². The average molecular weight is 509 g/mol. The van der Waals surface area contributed by atoms with Crippen LogP contribution >= 0.6 is 0 Å². The summed E-state index contributed by atoms with van der Waals surface area (Å²) in [6.07, 6.45) is 0. The predicted molar refractivity (Wildman–Crippen MR) is 144 cm³/mol. The Morgan fingerprint density at radius 3 is 2.32 bits per heavy atom. The fourth-order valence-electron chi connectivity index (χ4n) is 4.51. The van der Waals surface area contributed by atoms with Crippen molar-refractivity contribution in [2.24, 2.45) is 0 Å². The number of esters is 1. The van der Waals surface area contributed by atoms with Gasteiger partial charge in [0, 0.05) is 18.2 Å². The number of hydrogen-bond donors (Lipinski definition) is 1. The minimum atomic E-state index is -1.00. The van der Waals surface area contributed by atoms with Crippen LogP contribution in [0, 0.1) is 18.3 Å². The minimum absolute atomic E-state index is 0.0755. The third-order valence-corrected chi connectivity index (χ3v) is 6.51. The van der Waals surface area contributed by atoms with E-state index in [1.807, 2.05) is 52.0 Å². The first-order chi connectivity index (χ1) is 17.9. The molecule has 4 rings (SSSR count). The third kappa shape index (κ3) is 4.94. The lowest BCUT2D eigenvalue weighted by atomic mass is 9.84. The average Bonchev–Trinajstić information content (AvgIpc) is 3.13. The van der Waals surface area contributed by atoms with Crippen molar-refractivity contribution in [3.8, 4) is 11.8 Å². The molecule has 0 saturated carbocycles. The number of benzene rings is 3. The van der Waals surface area contributed by atoms with Crippen LogP contribution in [0.15, 0.2) is 72.3 Å². The van der Waals surface area contributed by atoms with Gasteiger partial charge >= 0.3 is 5.97 Å². The molecule has 1 heterocycles. The SMILES string of the molecule is CC(=O)Oc1cccc(C2/C(=C(\O)c3cc(C(C)(C)C)ccc3C)C(=O)C(=O)N2c2ccc(C#N)cc2)c1. The van der Waals surface area contributed by atoms with E-state index < -0.39 is 23.7 Å². The van der Waals surface area contributed by atoms with Gasteiger partial charge in [0.2, 0.25) is 0 Å². The Kier molecular flexibility index (Phi) is 6.93. The number of hydrogen-bond acceptors (Lipinski definition) is 6. The van der Waals surface area contributed by atoms with Gasteiger partial charge in [0.1, 0.15) is 11.5 Å². The number of aliphatic hydroxyl groups is 1. The summed E-state index contributed by atoms with van der Waals surface area (Å²) in [7, 11) is 0. The lowest BCUT2D eigenvalue weighted by Gasteiger charge is -2.26. The first-order valence-electron chi connectivity index (χ1n) is 12.1. The summed E-state index contributed by atoms with van der Waals surface area (Å²) < 4.78 is 5.25. The van der Waals surface area contributed by atoms with Crippen LogP contribution in [0.25, 0.3) is 5.76 Å². The molecule has 1 N–H and O–H groups in total. The van der Waals surface area contributed by atoms with E-state index in [2.05, 4.69) is 0 Å². The molecule has 192 valence electrons. The second-order valence-electron chi connectivity index (χ2n) is 10.3. The van der Waals surface area contributed by atoms with Crippen LogP contribution in [-0.4, -0.2) is 22.8 Å². The van der Waals surface area contributed by atoms with Gasteiger partial charge in [-0.3, -0.25) is 19.3 Å². The smallest absolute Gasteiger partial charge is 0.308 e. The Balaban J connectivity index is 1.98. The van der Waals surface area contributed by atoms with E-state index in [1.54, 1.807) is 48.5 Å². The highest BCUT2D eigenvalue weighted by molar-refractivity contribution is 6.51. The van der Waals surface area contributed by atoms with E-state index in [9.17, 15) is 24.8 Å². The highest BCUT2D eigenvalue weighted by Gasteiger charge is 2.47. The maximum atomic E-state index is 13.5. The van der Waals surface area contributed by atoms with E-state index in [0.29, 0.717) is 22.4 Å². The maximum Gasteiger partial charge on any atom is 0.308 e.